The minimum atomic E-state index is -3.77. The van der Waals surface area contributed by atoms with Crippen LogP contribution >= 0.6 is 0 Å². The van der Waals surface area contributed by atoms with Crippen LogP contribution in [0.25, 0.3) is 0 Å². The molecular weight excluding hydrogens is 684 g/mol. The van der Waals surface area contributed by atoms with E-state index in [2.05, 4.69) is 33.8 Å². The van der Waals surface area contributed by atoms with E-state index in [1.165, 1.54) is 41.3 Å². The third-order valence-corrected chi connectivity index (χ3v) is 17.1. The molecule has 1 aromatic carbocycles. The van der Waals surface area contributed by atoms with Crippen molar-refractivity contribution in [3.8, 4) is 0 Å². The first-order chi connectivity index (χ1) is 24.7. The molecule has 3 heterocycles. The second-order valence-corrected chi connectivity index (χ2v) is 19.8. The standard InChI is InChI=1S/C41H57FN2O7S/c1-26-13-18-41(49-25-26)27(2)38-35(51-41)24-34-32-10-5-28-23-30(14-16-39(28,3)33(32)15-17-40(34,38)4)50-37(46)12-11-36(45)43-19-21-44(22-20-43)52(47,48)31-8-6-29(42)7-9-31/h5-9,26-27,30,32-35,38H,10-25H2,1-4H3/t26-,27+,30+,32-,33+,34+,35+,38+,39+,40+,41-/m1/s1. The fourth-order valence-corrected chi connectivity index (χ4v) is 13.7. The lowest BCUT2D eigenvalue weighted by Gasteiger charge is -2.58. The van der Waals surface area contributed by atoms with Gasteiger partial charge in [-0.1, -0.05) is 39.3 Å². The first-order valence-corrected chi connectivity index (χ1v) is 21.4. The van der Waals surface area contributed by atoms with Crippen LogP contribution in [0.2, 0.25) is 0 Å². The highest BCUT2D eigenvalue weighted by Gasteiger charge is 2.68. The Labute approximate surface area is 309 Å². The molecule has 1 aromatic rings. The van der Waals surface area contributed by atoms with Crippen molar-refractivity contribution in [2.45, 2.75) is 121 Å². The third-order valence-electron chi connectivity index (χ3n) is 15.2. The van der Waals surface area contributed by atoms with Crippen LogP contribution in [0.1, 0.15) is 98.3 Å². The molecule has 3 saturated carbocycles. The Morgan fingerprint density at radius 1 is 0.962 bits per heavy atom. The molecule has 0 unspecified atom stereocenters. The maximum atomic E-state index is 13.3. The molecule has 0 N–H and O–H groups in total. The zero-order valence-electron chi connectivity index (χ0n) is 31.4. The van der Waals surface area contributed by atoms with Crippen LogP contribution in [0, 0.1) is 52.2 Å². The number of sulfonamides is 1. The smallest absolute Gasteiger partial charge is 0.306 e. The van der Waals surface area contributed by atoms with E-state index in [4.69, 9.17) is 14.2 Å². The third kappa shape index (κ3) is 6.08. The van der Waals surface area contributed by atoms with Gasteiger partial charge < -0.3 is 19.1 Å². The molecule has 0 aromatic heterocycles. The van der Waals surface area contributed by atoms with Crippen molar-refractivity contribution in [3.63, 3.8) is 0 Å². The minimum absolute atomic E-state index is 0.0128. The highest BCUT2D eigenvalue weighted by Crippen LogP contribution is 2.70. The fraction of sp³-hybridized carbons (Fsp3) is 0.756. The van der Waals surface area contributed by atoms with Gasteiger partial charge >= 0.3 is 5.97 Å². The number of fused-ring (bicyclic) bond motifs is 7. The van der Waals surface area contributed by atoms with E-state index in [1.807, 2.05) is 0 Å². The van der Waals surface area contributed by atoms with Gasteiger partial charge in [-0.15, -0.1) is 0 Å². The van der Waals surface area contributed by atoms with Gasteiger partial charge in [-0.05, 0) is 110 Å². The van der Waals surface area contributed by atoms with Crippen molar-refractivity contribution in [3.05, 3.63) is 41.7 Å². The molecular formula is C41H57FN2O7S. The SMILES string of the molecule is C[C@@H]1CC[C@@]2(OC1)O[C@H]1C[C@H]3[C@@H]4CC=C5C[C@@H](OC(=O)CCC(=O)N6CCN(S(=O)(=O)c7ccc(F)cc7)CC6)CC[C@]5(C)[C@H]4CC[C@]3(C)[C@H]1[C@@H]2C. The Bertz CT molecular complexity index is 1680. The lowest BCUT2D eigenvalue weighted by molar-refractivity contribution is -0.272. The van der Waals surface area contributed by atoms with Crippen LogP contribution < -0.4 is 0 Å². The van der Waals surface area contributed by atoms with E-state index in [0.717, 1.165) is 57.3 Å². The maximum absolute atomic E-state index is 13.3. The van der Waals surface area contributed by atoms with Crippen molar-refractivity contribution in [1.29, 1.82) is 0 Å². The van der Waals surface area contributed by atoms with E-state index in [0.29, 0.717) is 41.6 Å². The van der Waals surface area contributed by atoms with E-state index in [1.54, 1.807) is 4.90 Å². The summed E-state index contributed by atoms with van der Waals surface area (Å²) in [5, 5.41) is 0. The highest BCUT2D eigenvalue weighted by molar-refractivity contribution is 7.89. The van der Waals surface area contributed by atoms with Gasteiger partial charge in [-0.2, -0.15) is 4.31 Å². The van der Waals surface area contributed by atoms with Gasteiger partial charge in [0.05, 0.1) is 24.0 Å². The van der Waals surface area contributed by atoms with Crippen LogP contribution in [0.4, 0.5) is 4.39 Å². The van der Waals surface area contributed by atoms with Gasteiger partial charge in [-0.3, -0.25) is 9.59 Å². The second-order valence-electron chi connectivity index (χ2n) is 17.9. The molecule has 4 aliphatic carbocycles. The van der Waals surface area contributed by atoms with Gasteiger partial charge in [0, 0.05) is 51.4 Å². The van der Waals surface area contributed by atoms with Crippen molar-refractivity contribution < 1.29 is 36.6 Å². The van der Waals surface area contributed by atoms with Gasteiger partial charge in [-0.25, -0.2) is 12.8 Å². The minimum Gasteiger partial charge on any atom is -0.462 e. The normalized spacial score (nSPS) is 41.8. The summed E-state index contributed by atoms with van der Waals surface area (Å²) in [6, 6.07) is 4.76. The molecule has 1 spiro atoms. The van der Waals surface area contributed by atoms with E-state index >= 15 is 0 Å². The Hall–Kier alpha value is -2.34. The first-order valence-electron chi connectivity index (χ1n) is 20.0. The topological polar surface area (TPSA) is 102 Å². The molecule has 3 saturated heterocycles. The number of allylic oxidation sites excluding steroid dienone is 1. The van der Waals surface area contributed by atoms with Crippen LogP contribution in [-0.2, 0) is 33.8 Å². The molecule has 52 heavy (non-hydrogen) atoms. The van der Waals surface area contributed by atoms with Crippen LogP contribution in [0.5, 0.6) is 0 Å². The Kier molecular flexibility index (Phi) is 9.47. The summed E-state index contributed by atoms with van der Waals surface area (Å²) in [5.41, 5.74) is 1.86. The molecule has 8 rings (SSSR count). The summed E-state index contributed by atoms with van der Waals surface area (Å²) in [7, 11) is -3.77. The molecule has 6 fully saturated rings. The Balaban J connectivity index is 0.827. The summed E-state index contributed by atoms with van der Waals surface area (Å²) in [5.74, 6) is 2.15. The summed E-state index contributed by atoms with van der Waals surface area (Å²) in [4.78, 5) is 27.6. The molecule has 11 atom stereocenters. The van der Waals surface area contributed by atoms with Gasteiger partial charge in [0.25, 0.3) is 0 Å². The van der Waals surface area contributed by atoms with Crippen LogP contribution in [0.3, 0.4) is 0 Å². The maximum Gasteiger partial charge on any atom is 0.306 e. The van der Waals surface area contributed by atoms with Gasteiger partial charge in [0.1, 0.15) is 11.9 Å². The van der Waals surface area contributed by atoms with Crippen molar-refractivity contribution in [2.24, 2.45) is 46.3 Å². The number of carbonyl (C=O) groups excluding carboxylic acids is 2. The monoisotopic (exact) mass is 740 g/mol. The number of halogens is 1. The molecule has 0 bridgehead atoms. The predicted octanol–water partition coefficient (Wildman–Crippen LogP) is 6.72. The Morgan fingerprint density at radius 3 is 2.42 bits per heavy atom. The quantitative estimate of drug-likeness (QED) is 0.236. The molecule has 0 radical (unpaired) electrons. The number of nitrogens with zero attached hydrogens (tertiary/aromatic N) is 2. The zero-order chi connectivity index (χ0) is 36.6. The van der Waals surface area contributed by atoms with Crippen LogP contribution in [-0.4, -0.2) is 80.3 Å². The van der Waals surface area contributed by atoms with Crippen molar-refractivity contribution in [1.82, 2.24) is 9.21 Å². The average Bonchev–Trinajstić information content (AvgIpc) is 3.58. The summed E-state index contributed by atoms with van der Waals surface area (Å²) in [6.07, 6.45) is 12.2. The number of hydrogen-bond donors (Lipinski definition) is 0. The highest BCUT2D eigenvalue weighted by atomic mass is 32.2. The second kappa shape index (κ2) is 13.4. The predicted molar refractivity (Wildman–Crippen MR) is 193 cm³/mol. The number of amides is 1. The number of carbonyl (C=O) groups is 2. The van der Waals surface area contributed by atoms with E-state index < -0.39 is 15.8 Å². The number of hydrogen-bond acceptors (Lipinski definition) is 7. The number of rotatable bonds is 6. The largest absolute Gasteiger partial charge is 0.462 e. The molecule has 9 nitrogen and oxygen atoms in total. The lowest BCUT2D eigenvalue weighted by Crippen LogP contribution is -2.52. The van der Waals surface area contributed by atoms with Crippen molar-refractivity contribution in [2.75, 3.05) is 32.8 Å². The van der Waals surface area contributed by atoms with E-state index in [-0.39, 0.29) is 78.5 Å². The summed E-state index contributed by atoms with van der Waals surface area (Å²) < 4.78 is 60.0. The van der Waals surface area contributed by atoms with Gasteiger partial charge in [0.2, 0.25) is 15.9 Å². The molecule has 7 aliphatic rings. The van der Waals surface area contributed by atoms with Gasteiger partial charge in [0.15, 0.2) is 5.79 Å². The molecule has 11 heteroatoms. The lowest BCUT2D eigenvalue weighted by atomic mass is 9.47. The number of esters is 1. The van der Waals surface area contributed by atoms with Crippen molar-refractivity contribution >= 4 is 21.9 Å². The van der Waals surface area contributed by atoms with E-state index in [9.17, 15) is 22.4 Å². The molecule has 3 aliphatic heterocycles. The number of piperazine rings is 1. The first kappa shape index (κ1) is 36.6. The number of ether oxygens (including phenoxy) is 3. The average molecular weight is 741 g/mol. The zero-order valence-corrected chi connectivity index (χ0v) is 32.2. The number of benzene rings is 1. The Morgan fingerprint density at radius 2 is 1.71 bits per heavy atom. The summed E-state index contributed by atoms with van der Waals surface area (Å²) >= 11 is 0. The fourth-order valence-electron chi connectivity index (χ4n) is 12.3. The molecule has 286 valence electrons. The van der Waals surface area contributed by atoms with Crippen LogP contribution in [0.15, 0.2) is 40.8 Å². The summed E-state index contributed by atoms with van der Waals surface area (Å²) in [6.45, 7) is 11.3. The molecule has 1 amide bonds.